The Hall–Kier alpha value is -4.56. The number of imidazole rings is 1. The van der Waals surface area contributed by atoms with E-state index in [-0.39, 0.29) is 35.6 Å². The number of halogens is 1. The van der Waals surface area contributed by atoms with Crippen LogP contribution in [0.5, 0.6) is 11.6 Å². The number of aromatic carboxylic acids is 1. The van der Waals surface area contributed by atoms with E-state index in [1.165, 1.54) is 12.1 Å². The summed E-state index contributed by atoms with van der Waals surface area (Å²) >= 11 is 0. The highest BCUT2D eigenvalue weighted by Crippen LogP contribution is 2.24. The molecule has 2 N–H and O–H groups in total. The Morgan fingerprint density at radius 3 is 2.89 bits per heavy atom. The third-order valence-corrected chi connectivity index (χ3v) is 6.48. The van der Waals surface area contributed by atoms with Gasteiger partial charge in [-0.25, -0.2) is 19.2 Å². The van der Waals surface area contributed by atoms with Crippen LogP contribution in [0.15, 0.2) is 48.7 Å². The summed E-state index contributed by atoms with van der Waals surface area (Å²) in [5.74, 6) is -0.00399. The number of aromatic amines is 1. The molecular formula is C27H25FN6O4. The monoisotopic (exact) mass is 516 g/mol. The summed E-state index contributed by atoms with van der Waals surface area (Å²) in [6, 6.07) is 12.7. The van der Waals surface area contributed by atoms with Gasteiger partial charge in [0.05, 0.1) is 34.8 Å². The van der Waals surface area contributed by atoms with Gasteiger partial charge in [0.25, 0.3) is 0 Å². The number of hydrogen-bond donors (Lipinski definition) is 2. The van der Waals surface area contributed by atoms with Crippen LogP contribution in [0.2, 0.25) is 0 Å². The number of carboxylic acids is 1. The lowest BCUT2D eigenvalue weighted by atomic mass is 10.0. The Morgan fingerprint density at radius 1 is 1.26 bits per heavy atom. The van der Waals surface area contributed by atoms with Gasteiger partial charge in [-0.2, -0.15) is 10.2 Å². The number of aromatic nitrogens is 4. The van der Waals surface area contributed by atoms with Crippen molar-refractivity contribution in [2.24, 2.45) is 0 Å². The van der Waals surface area contributed by atoms with Crippen LogP contribution < -0.4 is 9.47 Å². The molecule has 0 spiro atoms. The van der Waals surface area contributed by atoms with Gasteiger partial charge in [0.2, 0.25) is 5.88 Å². The standard InChI is InChI=1S/C27H25FN6O4/c1-16-10-19(7-9-34(16)14-24-31-21-4-3-18(27(35)36)12-22(21)32-24)38-26-6-8-30-25(33-26)15-37-23-5-2-17(13-29)11-20(23)28/h2-6,8,11-12,16,19H,7,9-10,14-15H2,1H3,(H,31,32)(H,35,36). The summed E-state index contributed by atoms with van der Waals surface area (Å²) in [5, 5.41) is 18.1. The molecule has 0 radical (unpaired) electrons. The molecule has 1 fully saturated rings. The first-order valence-electron chi connectivity index (χ1n) is 12.1. The Labute approximate surface area is 217 Å². The Bertz CT molecular complexity index is 1520. The van der Waals surface area contributed by atoms with Crippen molar-refractivity contribution in [2.45, 2.75) is 45.1 Å². The van der Waals surface area contributed by atoms with Crippen molar-refractivity contribution in [2.75, 3.05) is 6.54 Å². The van der Waals surface area contributed by atoms with Crippen LogP contribution >= 0.6 is 0 Å². The Morgan fingerprint density at radius 2 is 2.13 bits per heavy atom. The molecule has 2 aromatic heterocycles. The number of fused-ring (bicyclic) bond motifs is 1. The predicted molar refractivity (Wildman–Crippen MR) is 134 cm³/mol. The highest BCUT2D eigenvalue weighted by atomic mass is 19.1. The van der Waals surface area contributed by atoms with E-state index in [4.69, 9.17) is 14.7 Å². The van der Waals surface area contributed by atoms with Gasteiger partial charge in [-0.3, -0.25) is 4.90 Å². The number of piperidine rings is 1. The topological polar surface area (TPSA) is 137 Å². The maximum absolute atomic E-state index is 14.1. The molecule has 1 aliphatic rings. The van der Waals surface area contributed by atoms with Crippen molar-refractivity contribution < 1.29 is 23.8 Å². The molecule has 3 heterocycles. The fourth-order valence-corrected chi connectivity index (χ4v) is 4.50. The molecule has 2 unspecified atom stereocenters. The maximum atomic E-state index is 14.1. The quantitative estimate of drug-likeness (QED) is 0.355. The normalized spacial score (nSPS) is 17.7. The molecule has 10 nitrogen and oxygen atoms in total. The first-order chi connectivity index (χ1) is 18.4. The molecular weight excluding hydrogens is 491 g/mol. The molecule has 0 aliphatic carbocycles. The third-order valence-electron chi connectivity index (χ3n) is 6.48. The molecule has 194 valence electrons. The van der Waals surface area contributed by atoms with Crippen molar-refractivity contribution in [3.8, 4) is 17.7 Å². The molecule has 2 atom stereocenters. The molecule has 5 rings (SSSR count). The van der Waals surface area contributed by atoms with E-state index in [0.717, 1.165) is 36.8 Å². The number of hydrogen-bond acceptors (Lipinski definition) is 8. The SMILES string of the molecule is CC1CC(Oc2ccnc(COc3ccc(C#N)cc3F)n2)CCN1Cc1nc2ccc(C(=O)O)cc2[nH]1. The van der Waals surface area contributed by atoms with E-state index in [1.807, 2.05) is 6.07 Å². The summed E-state index contributed by atoms with van der Waals surface area (Å²) in [5.41, 5.74) is 1.88. The Kier molecular flexibility index (Phi) is 7.15. The molecule has 0 bridgehead atoms. The summed E-state index contributed by atoms with van der Waals surface area (Å²) in [7, 11) is 0. The fourth-order valence-electron chi connectivity index (χ4n) is 4.50. The molecule has 11 heteroatoms. The minimum atomic E-state index is -0.970. The van der Waals surface area contributed by atoms with Crippen molar-refractivity contribution in [3.05, 3.63) is 77.3 Å². The van der Waals surface area contributed by atoms with E-state index < -0.39 is 11.8 Å². The first kappa shape index (κ1) is 25.1. The van der Waals surface area contributed by atoms with E-state index in [1.54, 1.807) is 30.5 Å². The number of benzene rings is 2. The molecule has 0 saturated carbocycles. The number of ether oxygens (including phenoxy) is 2. The van der Waals surface area contributed by atoms with Crippen LogP contribution in [0.25, 0.3) is 11.0 Å². The lowest BCUT2D eigenvalue weighted by molar-refractivity contribution is 0.0543. The molecule has 4 aromatic rings. The van der Waals surface area contributed by atoms with Crippen LogP contribution in [0.1, 0.15) is 47.3 Å². The van der Waals surface area contributed by atoms with Crippen LogP contribution in [0, 0.1) is 17.1 Å². The average molecular weight is 517 g/mol. The minimum Gasteiger partial charge on any atom is -0.483 e. The molecule has 1 aliphatic heterocycles. The van der Waals surface area contributed by atoms with Crippen LogP contribution in [-0.2, 0) is 13.2 Å². The number of nitrogens with one attached hydrogen (secondary N) is 1. The van der Waals surface area contributed by atoms with Gasteiger partial charge in [-0.15, -0.1) is 0 Å². The zero-order valence-electron chi connectivity index (χ0n) is 20.6. The van der Waals surface area contributed by atoms with E-state index in [0.29, 0.717) is 23.8 Å². The van der Waals surface area contributed by atoms with Crippen LogP contribution in [0.3, 0.4) is 0 Å². The van der Waals surface area contributed by atoms with Gasteiger partial charge < -0.3 is 19.6 Å². The smallest absolute Gasteiger partial charge is 0.335 e. The van der Waals surface area contributed by atoms with Crippen LogP contribution in [0.4, 0.5) is 4.39 Å². The lowest BCUT2D eigenvalue weighted by Gasteiger charge is -2.36. The zero-order chi connectivity index (χ0) is 26.6. The fraction of sp³-hybridized carbons (Fsp3) is 0.296. The summed E-state index contributed by atoms with van der Waals surface area (Å²) in [6.45, 7) is 3.50. The number of likely N-dealkylation sites (tertiary alicyclic amines) is 1. The van der Waals surface area contributed by atoms with Gasteiger partial charge in [-0.05, 0) is 56.2 Å². The molecule has 38 heavy (non-hydrogen) atoms. The first-order valence-corrected chi connectivity index (χ1v) is 12.1. The highest BCUT2D eigenvalue weighted by Gasteiger charge is 2.28. The van der Waals surface area contributed by atoms with E-state index in [2.05, 4.69) is 31.8 Å². The van der Waals surface area contributed by atoms with Gasteiger partial charge in [0, 0.05) is 24.8 Å². The predicted octanol–water partition coefficient (Wildman–Crippen LogP) is 4.07. The second-order valence-electron chi connectivity index (χ2n) is 9.16. The second-order valence-corrected chi connectivity index (χ2v) is 9.16. The van der Waals surface area contributed by atoms with Gasteiger partial charge in [-0.1, -0.05) is 0 Å². The van der Waals surface area contributed by atoms with Crippen molar-refractivity contribution >= 4 is 17.0 Å². The summed E-state index contributed by atoms with van der Waals surface area (Å²) < 4.78 is 25.7. The van der Waals surface area contributed by atoms with E-state index >= 15 is 0 Å². The van der Waals surface area contributed by atoms with Crippen molar-refractivity contribution in [1.29, 1.82) is 5.26 Å². The zero-order valence-corrected chi connectivity index (χ0v) is 20.6. The van der Waals surface area contributed by atoms with Gasteiger partial charge in [0.15, 0.2) is 17.4 Å². The molecule has 2 aromatic carbocycles. The summed E-state index contributed by atoms with van der Waals surface area (Å²) in [4.78, 5) is 29.9. The van der Waals surface area contributed by atoms with Crippen molar-refractivity contribution in [3.63, 3.8) is 0 Å². The Balaban J connectivity index is 1.16. The number of carbonyl (C=O) groups is 1. The number of carboxylic acid groups (broad SMARTS) is 1. The summed E-state index contributed by atoms with van der Waals surface area (Å²) in [6.07, 6.45) is 3.12. The number of H-pyrrole nitrogens is 1. The largest absolute Gasteiger partial charge is 0.483 e. The van der Waals surface area contributed by atoms with E-state index in [9.17, 15) is 14.3 Å². The van der Waals surface area contributed by atoms with Crippen LogP contribution in [-0.4, -0.2) is 54.6 Å². The minimum absolute atomic E-state index is 0.0203. The van der Waals surface area contributed by atoms with Gasteiger partial charge >= 0.3 is 5.97 Å². The second kappa shape index (κ2) is 10.8. The molecule has 1 saturated heterocycles. The number of nitriles is 1. The third kappa shape index (κ3) is 5.71. The highest BCUT2D eigenvalue weighted by molar-refractivity contribution is 5.92. The van der Waals surface area contributed by atoms with Crippen molar-refractivity contribution in [1.82, 2.24) is 24.8 Å². The average Bonchev–Trinajstić information content (AvgIpc) is 3.31. The molecule has 0 amide bonds. The number of rotatable bonds is 8. The van der Waals surface area contributed by atoms with Gasteiger partial charge in [0.1, 0.15) is 18.5 Å². The maximum Gasteiger partial charge on any atom is 0.335 e. The number of nitrogens with zero attached hydrogens (tertiary/aromatic N) is 5. The lowest BCUT2D eigenvalue weighted by Crippen LogP contribution is -2.44.